The first-order chi connectivity index (χ1) is 13.8. The molecule has 136 valence electrons. The van der Waals surface area contributed by atoms with Crippen molar-refractivity contribution >= 4 is 0 Å². The van der Waals surface area contributed by atoms with E-state index >= 15 is 0 Å². The molecule has 0 unspecified atom stereocenters. The van der Waals surface area contributed by atoms with Gasteiger partial charge in [0.25, 0.3) is 0 Å². The van der Waals surface area contributed by atoms with E-state index in [9.17, 15) is 5.26 Å². The van der Waals surface area contributed by atoms with Crippen molar-refractivity contribution in [3.8, 4) is 28.7 Å². The zero-order chi connectivity index (χ0) is 19.3. The largest absolute Gasteiger partial charge is 0.326 e. The molecule has 0 aliphatic carbocycles. The molecule has 0 saturated heterocycles. The van der Waals surface area contributed by atoms with E-state index in [0.717, 1.165) is 27.9 Å². The van der Waals surface area contributed by atoms with Crippen molar-refractivity contribution in [1.82, 2.24) is 25.0 Å². The summed E-state index contributed by atoms with van der Waals surface area (Å²) in [4.78, 5) is 8.82. The Morgan fingerprint density at radius 3 is 2.54 bits per heavy atom. The van der Waals surface area contributed by atoms with Gasteiger partial charge in [-0.3, -0.25) is 0 Å². The zero-order valence-corrected chi connectivity index (χ0v) is 15.0. The molecular formula is C21H17N7. The number of hydrogen-bond acceptors (Lipinski definition) is 6. The molecule has 28 heavy (non-hydrogen) atoms. The maximum Gasteiger partial charge on any atom is 0.159 e. The number of nitriles is 1. The van der Waals surface area contributed by atoms with Crippen LogP contribution in [0.5, 0.6) is 0 Å². The number of nitrogens with zero attached hydrogens (tertiary/aromatic N) is 6. The van der Waals surface area contributed by atoms with Gasteiger partial charge >= 0.3 is 0 Å². The predicted molar refractivity (Wildman–Crippen MR) is 105 cm³/mol. The van der Waals surface area contributed by atoms with Crippen LogP contribution in [0.1, 0.15) is 16.7 Å². The van der Waals surface area contributed by atoms with E-state index in [4.69, 9.17) is 5.73 Å². The Hall–Kier alpha value is -3.89. The molecule has 2 aromatic carbocycles. The Balaban J connectivity index is 1.68. The van der Waals surface area contributed by atoms with Crippen LogP contribution >= 0.6 is 0 Å². The molecular weight excluding hydrogens is 350 g/mol. The first kappa shape index (κ1) is 17.5. The third kappa shape index (κ3) is 3.63. The van der Waals surface area contributed by atoms with Gasteiger partial charge in [0, 0.05) is 35.6 Å². The van der Waals surface area contributed by atoms with Gasteiger partial charge in [0.15, 0.2) is 5.82 Å². The number of rotatable bonds is 5. The summed E-state index contributed by atoms with van der Waals surface area (Å²) in [6.07, 6.45) is 5.32. The maximum absolute atomic E-state index is 9.28. The molecule has 2 heterocycles. The second kappa shape index (κ2) is 7.78. The summed E-state index contributed by atoms with van der Waals surface area (Å²) in [6.45, 7) is 0.842. The average Bonchev–Trinajstić information content (AvgIpc) is 3.23. The van der Waals surface area contributed by atoms with Gasteiger partial charge in [-0.1, -0.05) is 35.5 Å². The molecule has 0 spiro atoms. The Kier molecular flexibility index (Phi) is 4.87. The van der Waals surface area contributed by atoms with E-state index < -0.39 is 0 Å². The normalized spacial score (nSPS) is 10.6. The van der Waals surface area contributed by atoms with Crippen molar-refractivity contribution in [1.29, 1.82) is 5.26 Å². The van der Waals surface area contributed by atoms with E-state index in [1.54, 1.807) is 23.1 Å². The molecule has 0 radical (unpaired) electrons. The second-order valence-corrected chi connectivity index (χ2v) is 6.27. The fourth-order valence-corrected chi connectivity index (χ4v) is 2.90. The van der Waals surface area contributed by atoms with Crippen LogP contribution in [0, 0.1) is 11.3 Å². The Morgan fingerprint density at radius 1 is 1.04 bits per heavy atom. The summed E-state index contributed by atoms with van der Waals surface area (Å²) in [5, 5.41) is 17.8. The summed E-state index contributed by atoms with van der Waals surface area (Å²) in [6, 6.07) is 17.5. The van der Waals surface area contributed by atoms with Crippen LogP contribution in [0.25, 0.3) is 22.6 Å². The number of hydrogen-bond donors (Lipinski definition) is 1. The summed E-state index contributed by atoms with van der Waals surface area (Å²) in [7, 11) is 0. The van der Waals surface area contributed by atoms with Crippen molar-refractivity contribution in [2.75, 3.05) is 0 Å². The third-order valence-electron chi connectivity index (χ3n) is 4.36. The summed E-state index contributed by atoms with van der Waals surface area (Å²) >= 11 is 0. The molecule has 0 aliphatic heterocycles. The van der Waals surface area contributed by atoms with Crippen LogP contribution in [0.4, 0.5) is 0 Å². The molecule has 4 rings (SSSR count). The Labute approximate surface area is 162 Å². The van der Waals surface area contributed by atoms with Crippen molar-refractivity contribution in [3.63, 3.8) is 0 Å². The Bertz CT molecular complexity index is 1130. The molecule has 2 N–H and O–H groups in total. The lowest BCUT2D eigenvalue weighted by Crippen LogP contribution is -2.05. The van der Waals surface area contributed by atoms with Gasteiger partial charge in [-0.2, -0.15) is 5.26 Å². The minimum atomic E-state index is 0.391. The zero-order valence-electron chi connectivity index (χ0n) is 15.0. The predicted octanol–water partition coefficient (Wildman–Crippen LogP) is 2.78. The lowest BCUT2D eigenvalue weighted by molar-refractivity contribution is 0.650. The molecule has 0 atom stereocenters. The number of nitrogens with two attached hydrogens (primary N) is 1. The Morgan fingerprint density at radius 2 is 1.82 bits per heavy atom. The van der Waals surface area contributed by atoms with Crippen molar-refractivity contribution in [2.24, 2.45) is 5.73 Å². The second-order valence-electron chi connectivity index (χ2n) is 6.27. The molecule has 0 aliphatic rings. The SMILES string of the molecule is N#Cc1ccc(-c2ncc(CN)cn2)c(Cn2cc(-c3ccccc3)nn2)c1. The van der Waals surface area contributed by atoms with Crippen molar-refractivity contribution in [3.05, 3.63) is 83.8 Å². The number of aromatic nitrogens is 5. The first-order valence-electron chi connectivity index (χ1n) is 8.77. The first-order valence-corrected chi connectivity index (χ1v) is 8.77. The fourth-order valence-electron chi connectivity index (χ4n) is 2.90. The summed E-state index contributed by atoms with van der Waals surface area (Å²) in [5.74, 6) is 0.583. The van der Waals surface area contributed by atoms with Crippen LogP contribution < -0.4 is 5.73 Å². The fraction of sp³-hybridized carbons (Fsp3) is 0.0952. The van der Waals surface area contributed by atoms with Crippen LogP contribution in [0.15, 0.2) is 67.1 Å². The standard InChI is InChI=1S/C21H17N7/c22-9-15-6-7-19(21-24-11-16(10-23)12-25-21)18(8-15)13-28-14-20(26-27-28)17-4-2-1-3-5-17/h1-8,11-12,14H,10,13,23H2. The highest BCUT2D eigenvalue weighted by Crippen LogP contribution is 2.23. The third-order valence-corrected chi connectivity index (χ3v) is 4.36. The van der Waals surface area contributed by atoms with Gasteiger partial charge in [0.2, 0.25) is 0 Å². The topological polar surface area (TPSA) is 106 Å². The minimum Gasteiger partial charge on any atom is -0.326 e. The van der Waals surface area contributed by atoms with E-state index in [1.807, 2.05) is 48.7 Å². The quantitative estimate of drug-likeness (QED) is 0.581. The van der Waals surface area contributed by atoms with Crippen LogP contribution in [-0.2, 0) is 13.1 Å². The van der Waals surface area contributed by atoms with Gasteiger partial charge < -0.3 is 5.73 Å². The smallest absolute Gasteiger partial charge is 0.159 e. The van der Waals surface area contributed by atoms with E-state index in [1.165, 1.54) is 0 Å². The van der Waals surface area contributed by atoms with Crippen molar-refractivity contribution < 1.29 is 0 Å². The van der Waals surface area contributed by atoms with Crippen LogP contribution in [0.2, 0.25) is 0 Å². The molecule has 2 aromatic heterocycles. The highest BCUT2D eigenvalue weighted by Gasteiger charge is 2.12. The molecule has 0 bridgehead atoms. The molecule has 0 fully saturated rings. The summed E-state index contributed by atoms with van der Waals surface area (Å²) in [5.41, 5.74) is 10.6. The van der Waals surface area contributed by atoms with Crippen molar-refractivity contribution in [2.45, 2.75) is 13.1 Å². The number of benzene rings is 2. The molecule has 4 aromatic rings. The molecule has 7 nitrogen and oxygen atoms in total. The van der Waals surface area contributed by atoms with E-state index in [0.29, 0.717) is 24.5 Å². The lowest BCUT2D eigenvalue weighted by atomic mass is 10.0. The van der Waals surface area contributed by atoms with Gasteiger partial charge in [-0.15, -0.1) is 5.10 Å². The molecule has 7 heteroatoms. The highest BCUT2D eigenvalue weighted by atomic mass is 15.4. The van der Waals surface area contributed by atoms with Gasteiger partial charge in [-0.05, 0) is 23.8 Å². The summed E-state index contributed by atoms with van der Waals surface area (Å²) < 4.78 is 1.75. The van der Waals surface area contributed by atoms with Gasteiger partial charge in [-0.25, -0.2) is 14.6 Å². The minimum absolute atomic E-state index is 0.391. The molecule has 0 amide bonds. The monoisotopic (exact) mass is 367 g/mol. The van der Waals surface area contributed by atoms with E-state index in [-0.39, 0.29) is 0 Å². The molecule has 0 saturated carbocycles. The van der Waals surface area contributed by atoms with Crippen LogP contribution in [-0.4, -0.2) is 25.0 Å². The average molecular weight is 367 g/mol. The maximum atomic E-state index is 9.28. The highest BCUT2D eigenvalue weighted by molar-refractivity contribution is 5.62. The van der Waals surface area contributed by atoms with Gasteiger partial charge in [0.05, 0.1) is 24.4 Å². The lowest BCUT2D eigenvalue weighted by Gasteiger charge is -2.09. The van der Waals surface area contributed by atoms with Crippen LogP contribution in [0.3, 0.4) is 0 Å². The van der Waals surface area contributed by atoms with Gasteiger partial charge in [0.1, 0.15) is 5.69 Å². The van der Waals surface area contributed by atoms with E-state index in [2.05, 4.69) is 26.3 Å².